The number of hydrogen-bond acceptors (Lipinski definition) is 4. The van der Waals surface area contributed by atoms with Gasteiger partial charge in [0.25, 0.3) is 5.91 Å². The van der Waals surface area contributed by atoms with Crippen LogP contribution in [0, 0.1) is 13.8 Å². The lowest BCUT2D eigenvalue weighted by Gasteiger charge is -2.21. The van der Waals surface area contributed by atoms with Crippen LogP contribution in [0.1, 0.15) is 40.3 Å². The molecule has 5 heteroatoms. The number of carbonyl (C=O) groups is 1. The maximum Gasteiger partial charge on any atom is 0.290 e. The number of amides is 1. The molecule has 1 aliphatic carbocycles. The molecule has 3 rings (SSSR count). The fraction of sp³-hybridized carbons (Fsp3) is 0.389. The molecule has 0 radical (unpaired) electrons. The third-order valence-corrected chi connectivity index (χ3v) is 4.22. The van der Waals surface area contributed by atoms with Gasteiger partial charge in [0.2, 0.25) is 0 Å². The van der Waals surface area contributed by atoms with Crippen LogP contribution in [0.4, 0.5) is 0 Å². The zero-order chi connectivity index (χ0) is 16.6. The summed E-state index contributed by atoms with van der Waals surface area (Å²) in [4.78, 5) is 14.6. The zero-order valence-corrected chi connectivity index (χ0v) is 13.6. The number of aromatic hydroxyl groups is 1. The Morgan fingerprint density at radius 3 is 2.65 bits per heavy atom. The summed E-state index contributed by atoms with van der Waals surface area (Å²) in [6.07, 6.45) is 2.03. The Balaban J connectivity index is 1.83. The highest BCUT2D eigenvalue weighted by Crippen LogP contribution is 2.32. The number of ether oxygens (including phenoxy) is 1. The number of phenols is 1. The first kappa shape index (κ1) is 15.5. The van der Waals surface area contributed by atoms with Crippen molar-refractivity contribution >= 4 is 5.91 Å². The van der Waals surface area contributed by atoms with Crippen LogP contribution in [0.25, 0.3) is 0 Å². The molecule has 0 spiro atoms. The smallest absolute Gasteiger partial charge is 0.290 e. The monoisotopic (exact) mass is 315 g/mol. The van der Waals surface area contributed by atoms with Crippen molar-refractivity contribution in [1.82, 2.24) is 4.90 Å². The number of methoxy groups -OCH3 is 1. The van der Waals surface area contributed by atoms with Crippen LogP contribution in [-0.2, 0) is 6.54 Å². The van der Waals surface area contributed by atoms with E-state index in [2.05, 4.69) is 0 Å². The van der Waals surface area contributed by atoms with Gasteiger partial charge in [0.15, 0.2) is 17.3 Å². The van der Waals surface area contributed by atoms with E-state index in [0.717, 1.165) is 29.7 Å². The van der Waals surface area contributed by atoms with Gasteiger partial charge in [0.1, 0.15) is 5.76 Å². The number of furan rings is 1. The molecule has 23 heavy (non-hydrogen) atoms. The van der Waals surface area contributed by atoms with Gasteiger partial charge in [-0.15, -0.1) is 0 Å². The van der Waals surface area contributed by atoms with Gasteiger partial charge in [-0.25, -0.2) is 0 Å². The zero-order valence-electron chi connectivity index (χ0n) is 13.6. The van der Waals surface area contributed by atoms with E-state index in [1.54, 1.807) is 24.3 Å². The van der Waals surface area contributed by atoms with Crippen molar-refractivity contribution in [2.75, 3.05) is 7.11 Å². The fourth-order valence-electron chi connectivity index (χ4n) is 2.59. The van der Waals surface area contributed by atoms with Crippen LogP contribution in [0.2, 0.25) is 0 Å². The molecular formula is C18H21NO4. The third-order valence-electron chi connectivity index (χ3n) is 4.22. The Hall–Kier alpha value is -2.43. The summed E-state index contributed by atoms with van der Waals surface area (Å²) in [6.45, 7) is 4.26. The maximum atomic E-state index is 12.8. The van der Waals surface area contributed by atoms with E-state index in [1.807, 2.05) is 18.7 Å². The molecule has 1 aliphatic rings. The topological polar surface area (TPSA) is 62.9 Å². The first-order chi connectivity index (χ1) is 11.0. The average molecular weight is 315 g/mol. The van der Waals surface area contributed by atoms with Crippen LogP contribution in [0.15, 0.2) is 28.7 Å². The summed E-state index contributed by atoms with van der Waals surface area (Å²) < 4.78 is 10.7. The van der Waals surface area contributed by atoms with Crippen LogP contribution < -0.4 is 4.74 Å². The van der Waals surface area contributed by atoms with Crippen molar-refractivity contribution in [3.8, 4) is 11.5 Å². The first-order valence-corrected chi connectivity index (χ1v) is 7.73. The summed E-state index contributed by atoms with van der Waals surface area (Å²) in [6, 6.07) is 7.21. The molecule has 1 fully saturated rings. The largest absolute Gasteiger partial charge is 0.504 e. The number of carbonyl (C=O) groups excluding carboxylic acids is 1. The normalized spacial score (nSPS) is 13.9. The number of nitrogens with zero attached hydrogens (tertiary/aromatic N) is 1. The minimum Gasteiger partial charge on any atom is -0.504 e. The van der Waals surface area contributed by atoms with Crippen molar-refractivity contribution in [3.05, 3.63) is 46.9 Å². The highest BCUT2D eigenvalue weighted by Gasteiger charge is 2.34. The van der Waals surface area contributed by atoms with E-state index >= 15 is 0 Å². The molecule has 0 saturated heterocycles. The van der Waals surface area contributed by atoms with E-state index in [0.29, 0.717) is 18.1 Å². The molecule has 5 nitrogen and oxygen atoms in total. The van der Waals surface area contributed by atoms with Gasteiger partial charge in [-0.3, -0.25) is 4.79 Å². The van der Waals surface area contributed by atoms with E-state index in [-0.39, 0.29) is 17.7 Å². The van der Waals surface area contributed by atoms with E-state index in [9.17, 15) is 9.90 Å². The van der Waals surface area contributed by atoms with E-state index < -0.39 is 0 Å². The predicted octanol–water partition coefficient (Wildman–Crippen LogP) is 3.42. The van der Waals surface area contributed by atoms with Gasteiger partial charge in [-0.1, -0.05) is 6.07 Å². The molecule has 1 saturated carbocycles. The van der Waals surface area contributed by atoms with E-state index in [1.165, 1.54) is 7.11 Å². The van der Waals surface area contributed by atoms with Crippen LogP contribution in [-0.4, -0.2) is 29.1 Å². The molecule has 0 atom stereocenters. The minimum atomic E-state index is -0.0873. The summed E-state index contributed by atoms with van der Waals surface area (Å²) in [5.41, 5.74) is 1.90. The third kappa shape index (κ3) is 3.18. The standard InChI is InChI=1S/C18H21NO4/c1-11-8-17(23-12(11)2)18(21)19(14-5-6-14)10-13-4-7-15(20)16(9-13)22-3/h4,7-9,14,20H,5-6,10H2,1-3H3. The molecule has 1 heterocycles. The summed E-state index contributed by atoms with van der Waals surface area (Å²) >= 11 is 0. The quantitative estimate of drug-likeness (QED) is 0.918. The molecule has 2 aromatic rings. The number of aryl methyl sites for hydroxylation is 2. The molecule has 1 aromatic heterocycles. The second kappa shape index (κ2) is 5.99. The molecule has 122 valence electrons. The molecule has 0 aliphatic heterocycles. The van der Waals surface area contributed by atoms with Gasteiger partial charge in [-0.2, -0.15) is 0 Å². The summed E-state index contributed by atoms with van der Waals surface area (Å²) in [5.74, 6) is 1.58. The lowest BCUT2D eigenvalue weighted by molar-refractivity contribution is 0.0696. The van der Waals surface area contributed by atoms with Gasteiger partial charge in [0, 0.05) is 12.6 Å². The summed E-state index contributed by atoms with van der Waals surface area (Å²) in [5, 5.41) is 9.69. The van der Waals surface area contributed by atoms with Crippen molar-refractivity contribution < 1.29 is 19.1 Å². The fourth-order valence-corrected chi connectivity index (χ4v) is 2.59. The van der Waals surface area contributed by atoms with Gasteiger partial charge < -0.3 is 19.2 Å². The highest BCUT2D eigenvalue weighted by molar-refractivity contribution is 5.92. The molecule has 0 bridgehead atoms. The van der Waals surface area contributed by atoms with Crippen LogP contribution in [0.3, 0.4) is 0 Å². The Morgan fingerprint density at radius 1 is 1.35 bits per heavy atom. The van der Waals surface area contributed by atoms with Gasteiger partial charge >= 0.3 is 0 Å². The lowest BCUT2D eigenvalue weighted by Crippen LogP contribution is -2.32. The summed E-state index contributed by atoms with van der Waals surface area (Å²) in [7, 11) is 1.51. The van der Waals surface area contributed by atoms with Gasteiger partial charge in [-0.05, 0) is 56.0 Å². The Bertz CT molecular complexity index is 711. The second-order valence-corrected chi connectivity index (χ2v) is 6.02. The first-order valence-electron chi connectivity index (χ1n) is 7.73. The molecule has 0 unspecified atom stereocenters. The minimum absolute atomic E-state index is 0.0873. The molecule has 1 aromatic carbocycles. The van der Waals surface area contributed by atoms with Crippen molar-refractivity contribution in [3.63, 3.8) is 0 Å². The number of rotatable bonds is 5. The Kier molecular flexibility index (Phi) is 4.03. The van der Waals surface area contributed by atoms with Crippen molar-refractivity contribution in [1.29, 1.82) is 0 Å². The van der Waals surface area contributed by atoms with Crippen molar-refractivity contribution in [2.45, 2.75) is 39.3 Å². The Labute approximate surface area is 135 Å². The predicted molar refractivity (Wildman–Crippen MR) is 85.7 cm³/mol. The second-order valence-electron chi connectivity index (χ2n) is 6.02. The highest BCUT2D eigenvalue weighted by atomic mass is 16.5. The molecule has 1 N–H and O–H groups in total. The number of hydrogen-bond donors (Lipinski definition) is 1. The van der Waals surface area contributed by atoms with Crippen LogP contribution >= 0.6 is 0 Å². The maximum absolute atomic E-state index is 12.8. The number of benzene rings is 1. The average Bonchev–Trinajstić information content (AvgIpc) is 3.32. The Morgan fingerprint density at radius 2 is 2.09 bits per heavy atom. The van der Waals surface area contributed by atoms with E-state index in [4.69, 9.17) is 9.15 Å². The van der Waals surface area contributed by atoms with Crippen molar-refractivity contribution in [2.24, 2.45) is 0 Å². The van der Waals surface area contributed by atoms with Crippen LogP contribution in [0.5, 0.6) is 11.5 Å². The van der Waals surface area contributed by atoms with Gasteiger partial charge in [0.05, 0.1) is 7.11 Å². The molecular weight excluding hydrogens is 294 g/mol. The number of phenolic OH excluding ortho intramolecular Hbond substituents is 1. The SMILES string of the molecule is COc1cc(CN(C(=O)c2cc(C)c(C)o2)C2CC2)ccc1O. The molecule has 1 amide bonds. The lowest BCUT2D eigenvalue weighted by atomic mass is 10.1.